The van der Waals surface area contributed by atoms with E-state index in [1.807, 2.05) is 6.92 Å². The molecule has 1 aromatic rings. The van der Waals surface area contributed by atoms with E-state index in [0.29, 0.717) is 23.3 Å². The number of halogens is 1. The standard InChI is InChI=1S/C11H14BrN3O4/c1-7(2-3-10(16)17)5-13-11-9(12)4-8(6-14-11)15(18)19/h4,6-7H,2-3,5H2,1H3,(H,13,14)(H,16,17). The van der Waals surface area contributed by atoms with Gasteiger partial charge in [-0.3, -0.25) is 14.9 Å². The van der Waals surface area contributed by atoms with E-state index in [1.165, 1.54) is 12.3 Å². The zero-order valence-corrected chi connectivity index (χ0v) is 11.9. The molecule has 0 spiro atoms. The molecule has 0 aliphatic rings. The van der Waals surface area contributed by atoms with Crippen LogP contribution in [0.3, 0.4) is 0 Å². The van der Waals surface area contributed by atoms with Crippen LogP contribution in [0.5, 0.6) is 0 Å². The van der Waals surface area contributed by atoms with Crippen molar-refractivity contribution in [3.8, 4) is 0 Å². The second kappa shape index (κ2) is 7.03. The number of hydrogen-bond acceptors (Lipinski definition) is 5. The molecule has 0 amide bonds. The minimum atomic E-state index is -0.818. The minimum Gasteiger partial charge on any atom is -0.481 e. The number of aliphatic carboxylic acids is 1. The van der Waals surface area contributed by atoms with Crippen LogP contribution in [0.15, 0.2) is 16.7 Å². The van der Waals surface area contributed by atoms with Gasteiger partial charge in [0.2, 0.25) is 0 Å². The van der Waals surface area contributed by atoms with Gasteiger partial charge in [-0.25, -0.2) is 4.98 Å². The summed E-state index contributed by atoms with van der Waals surface area (Å²) < 4.78 is 0.507. The van der Waals surface area contributed by atoms with Crippen LogP contribution < -0.4 is 5.32 Å². The van der Waals surface area contributed by atoms with Crippen LogP contribution in [0, 0.1) is 16.0 Å². The Hall–Kier alpha value is -1.70. The van der Waals surface area contributed by atoms with Crippen LogP contribution in [-0.4, -0.2) is 27.5 Å². The van der Waals surface area contributed by atoms with Crippen LogP contribution in [0.1, 0.15) is 19.8 Å². The second-order valence-corrected chi connectivity index (χ2v) is 5.05. The molecule has 104 valence electrons. The van der Waals surface area contributed by atoms with Crippen molar-refractivity contribution in [1.29, 1.82) is 0 Å². The first-order valence-electron chi connectivity index (χ1n) is 5.65. The van der Waals surface area contributed by atoms with Crippen molar-refractivity contribution in [2.75, 3.05) is 11.9 Å². The number of aromatic nitrogens is 1. The molecular weight excluding hydrogens is 318 g/mol. The van der Waals surface area contributed by atoms with Crippen molar-refractivity contribution in [3.63, 3.8) is 0 Å². The molecule has 8 heteroatoms. The molecule has 0 saturated carbocycles. The lowest BCUT2D eigenvalue weighted by molar-refractivity contribution is -0.385. The minimum absolute atomic E-state index is 0.0867. The van der Waals surface area contributed by atoms with E-state index in [1.54, 1.807) is 0 Å². The number of nitro groups is 1. The average Bonchev–Trinajstić information content (AvgIpc) is 2.34. The predicted molar refractivity (Wildman–Crippen MR) is 73.1 cm³/mol. The summed E-state index contributed by atoms with van der Waals surface area (Å²) in [5.41, 5.74) is -0.0867. The molecule has 19 heavy (non-hydrogen) atoms. The fraction of sp³-hybridized carbons (Fsp3) is 0.455. The van der Waals surface area contributed by atoms with Gasteiger partial charge in [0, 0.05) is 19.0 Å². The number of anilines is 1. The van der Waals surface area contributed by atoms with Crippen molar-refractivity contribution in [3.05, 3.63) is 26.9 Å². The molecule has 7 nitrogen and oxygen atoms in total. The first-order valence-corrected chi connectivity index (χ1v) is 6.45. The summed E-state index contributed by atoms with van der Waals surface area (Å²) >= 11 is 3.20. The number of carbonyl (C=O) groups is 1. The summed E-state index contributed by atoms with van der Waals surface area (Å²) in [4.78, 5) is 24.4. The predicted octanol–water partition coefficient (Wildman–Crippen LogP) is 2.67. The van der Waals surface area contributed by atoms with Gasteiger partial charge in [0.05, 0.1) is 9.40 Å². The van der Waals surface area contributed by atoms with Gasteiger partial charge in [0.1, 0.15) is 12.0 Å². The van der Waals surface area contributed by atoms with E-state index in [9.17, 15) is 14.9 Å². The summed E-state index contributed by atoms with van der Waals surface area (Å²) in [6.07, 6.45) is 1.86. The number of carboxylic acid groups (broad SMARTS) is 1. The zero-order valence-electron chi connectivity index (χ0n) is 10.3. The van der Waals surface area contributed by atoms with Gasteiger partial charge in [0.25, 0.3) is 5.69 Å². The number of carboxylic acids is 1. The quantitative estimate of drug-likeness (QED) is 0.587. The van der Waals surface area contributed by atoms with E-state index in [4.69, 9.17) is 5.11 Å². The summed E-state index contributed by atoms with van der Waals surface area (Å²) in [5, 5.41) is 22.1. The largest absolute Gasteiger partial charge is 0.481 e. The third-order valence-electron chi connectivity index (χ3n) is 2.51. The Kier molecular flexibility index (Phi) is 5.68. The zero-order chi connectivity index (χ0) is 14.4. The molecule has 0 bridgehead atoms. The monoisotopic (exact) mass is 331 g/mol. The molecular formula is C11H14BrN3O4. The lowest BCUT2D eigenvalue weighted by Gasteiger charge is -2.12. The molecule has 0 aromatic carbocycles. The van der Waals surface area contributed by atoms with E-state index in [2.05, 4.69) is 26.2 Å². The van der Waals surface area contributed by atoms with Gasteiger partial charge in [-0.05, 0) is 28.3 Å². The number of pyridine rings is 1. The topological polar surface area (TPSA) is 105 Å². The van der Waals surface area contributed by atoms with Crippen LogP contribution in [0.2, 0.25) is 0 Å². The van der Waals surface area contributed by atoms with E-state index < -0.39 is 10.9 Å². The van der Waals surface area contributed by atoms with Crippen LogP contribution in [0.25, 0.3) is 0 Å². The Morgan fingerprint density at radius 2 is 2.37 bits per heavy atom. The van der Waals surface area contributed by atoms with Crippen LogP contribution in [-0.2, 0) is 4.79 Å². The van der Waals surface area contributed by atoms with Gasteiger partial charge in [0.15, 0.2) is 0 Å². The van der Waals surface area contributed by atoms with Gasteiger partial charge >= 0.3 is 5.97 Å². The van der Waals surface area contributed by atoms with Crippen molar-refractivity contribution in [2.24, 2.45) is 5.92 Å². The number of hydrogen-bond donors (Lipinski definition) is 2. The molecule has 2 N–H and O–H groups in total. The van der Waals surface area contributed by atoms with E-state index >= 15 is 0 Å². The van der Waals surface area contributed by atoms with Gasteiger partial charge in [-0.1, -0.05) is 6.92 Å². The summed E-state index contributed by atoms with van der Waals surface area (Å²) in [6, 6.07) is 1.37. The molecule has 0 saturated heterocycles. The Morgan fingerprint density at radius 3 is 2.89 bits per heavy atom. The highest BCUT2D eigenvalue weighted by atomic mass is 79.9. The van der Waals surface area contributed by atoms with Gasteiger partial charge in [-0.15, -0.1) is 0 Å². The molecule has 1 atom stereocenters. The molecule has 0 radical (unpaired) electrons. The number of nitrogens with one attached hydrogen (secondary N) is 1. The van der Waals surface area contributed by atoms with E-state index in [-0.39, 0.29) is 18.0 Å². The molecule has 0 aliphatic heterocycles. The van der Waals surface area contributed by atoms with Crippen LogP contribution >= 0.6 is 15.9 Å². The third-order valence-corrected chi connectivity index (χ3v) is 3.11. The SMILES string of the molecule is CC(CCC(=O)O)CNc1ncc([N+](=O)[O-])cc1Br. The Labute approximate surface area is 118 Å². The normalized spacial score (nSPS) is 11.9. The van der Waals surface area contributed by atoms with Crippen molar-refractivity contribution >= 4 is 33.4 Å². The second-order valence-electron chi connectivity index (χ2n) is 4.20. The fourth-order valence-corrected chi connectivity index (χ4v) is 1.88. The average molecular weight is 332 g/mol. The number of nitrogens with zero attached hydrogens (tertiary/aromatic N) is 2. The summed E-state index contributed by atoms with van der Waals surface area (Å²) in [7, 11) is 0. The highest BCUT2D eigenvalue weighted by Crippen LogP contribution is 2.24. The molecule has 1 heterocycles. The molecule has 1 aromatic heterocycles. The first-order chi connectivity index (χ1) is 8.90. The highest BCUT2D eigenvalue weighted by Gasteiger charge is 2.11. The third kappa shape index (κ3) is 5.21. The van der Waals surface area contributed by atoms with Crippen LogP contribution in [0.4, 0.5) is 11.5 Å². The maximum absolute atomic E-state index is 10.5. The molecule has 1 rings (SSSR count). The van der Waals surface area contributed by atoms with Gasteiger partial charge < -0.3 is 10.4 Å². The molecule has 0 aliphatic carbocycles. The highest BCUT2D eigenvalue weighted by molar-refractivity contribution is 9.10. The van der Waals surface area contributed by atoms with Gasteiger partial charge in [-0.2, -0.15) is 0 Å². The van der Waals surface area contributed by atoms with Crippen molar-refractivity contribution in [1.82, 2.24) is 4.98 Å². The van der Waals surface area contributed by atoms with Crippen molar-refractivity contribution in [2.45, 2.75) is 19.8 Å². The van der Waals surface area contributed by atoms with E-state index in [0.717, 1.165) is 0 Å². The Bertz CT molecular complexity index is 481. The fourth-order valence-electron chi connectivity index (χ4n) is 1.40. The maximum atomic E-state index is 10.5. The summed E-state index contributed by atoms with van der Waals surface area (Å²) in [5.74, 6) is -0.144. The van der Waals surface area contributed by atoms with Crippen molar-refractivity contribution < 1.29 is 14.8 Å². The number of rotatable bonds is 7. The molecule has 1 unspecified atom stereocenters. The Morgan fingerprint density at radius 1 is 1.68 bits per heavy atom. The first kappa shape index (κ1) is 15.4. The summed E-state index contributed by atoms with van der Waals surface area (Å²) in [6.45, 7) is 2.48. The Balaban J connectivity index is 2.53. The smallest absolute Gasteiger partial charge is 0.303 e. The maximum Gasteiger partial charge on any atom is 0.303 e. The lowest BCUT2D eigenvalue weighted by atomic mass is 10.1. The molecule has 0 fully saturated rings. The lowest BCUT2D eigenvalue weighted by Crippen LogP contribution is -2.14.